The lowest BCUT2D eigenvalue weighted by Crippen LogP contribution is -1.97. The van der Waals surface area contributed by atoms with Gasteiger partial charge in [0, 0.05) is 18.0 Å². The predicted molar refractivity (Wildman–Crippen MR) is 125 cm³/mol. The number of methoxy groups -OCH3 is 1. The zero-order valence-corrected chi connectivity index (χ0v) is 19.0. The molecule has 0 saturated heterocycles. The Morgan fingerprint density at radius 1 is 0.943 bits per heavy atom. The van der Waals surface area contributed by atoms with Gasteiger partial charge in [0.05, 0.1) is 49.8 Å². The van der Waals surface area contributed by atoms with E-state index < -0.39 is 37.6 Å². The monoisotopic (exact) mass is 521 g/mol. The smallest absolute Gasteiger partial charge is 0.324 e. The summed E-state index contributed by atoms with van der Waals surface area (Å²) in [6.07, 6.45) is 3.67. The molecule has 0 radical (unpaired) electrons. The van der Waals surface area contributed by atoms with Crippen LogP contribution in [0, 0.1) is 30.3 Å². The van der Waals surface area contributed by atoms with E-state index in [-0.39, 0.29) is 0 Å². The Morgan fingerprint density at radius 3 is 2.11 bits per heavy atom. The van der Waals surface area contributed by atoms with Crippen LogP contribution in [-0.2, 0) is 0 Å². The second kappa shape index (κ2) is 10.2. The molecule has 180 valence electrons. The number of halogens is 2. The topological polar surface area (TPSA) is 176 Å². The summed E-state index contributed by atoms with van der Waals surface area (Å²) in [7, 11) is 1.64. The molecule has 0 aliphatic heterocycles. The maximum absolute atomic E-state index is 10.4. The molecule has 0 atom stereocenters. The van der Waals surface area contributed by atoms with Crippen molar-refractivity contribution in [1.82, 2.24) is 9.38 Å². The Hall–Kier alpha value is -4.49. The molecule has 2 aromatic heterocycles. The van der Waals surface area contributed by atoms with E-state index in [1.165, 1.54) is 0 Å². The van der Waals surface area contributed by atoms with Gasteiger partial charge in [0.2, 0.25) is 0 Å². The van der Waals surface area contributed by atoms with Crippen LogP contribution in [0.5, 0.6) is 11.5 Å². The first-order valence-corrected chi connectivity index (χ1v) is 10.1. The lowest BCUT2D eigenvalue weighted by atomic mass is 10.1. The largest absolute Gasteiger partial charge is 0.497 e. The average Bonchev–Trinajstić information content (AvgIpc) is 3.23. The fourth-order valence-corrected chi connectivity index (χ4v) is 3.45. The highest BCUT2D eigenvalue weighted by Gasteiger charge is 2.30. The van der Waals surface area contributed by atoms with Gasteiger partial charge in [-0.1, -0.05) is 35.3 Å². The third kappa shape index (κ3) is 5.54. The number of phenolic OH excluding ortho intramolecular Hbond substituents is 1. The molecule has 0 aliphatic rings. The number of fused-ring (bicyclic) bond motifs is 1. The van der Waals surface area contributed by atoms with Gasteiger partial charge in [-0.05, 0) is 18.2 Å². The molecule has 2 aromatic carbocycles. The standard InChI is InChI=1S/C14H10Cl2N2O.C6H3N3O7/c1-19-11-4-2-3-9(5-11)13-8-18-7-10(15)6-12(16)14(18)17-13;10-6-4(8(13)14)1-3(7(11)12)2-5(6)9(15)16/h2-8H,1H3;1-2,10H. The normalized spacial score (nSPS) is 10.4. The quantitative estimate of drug-likeness (QED) is 0.264. The van der Waals surface area contributed by atoms with E-state index in [0.29, 0.717) is 27.8 Å². The van der Waals surface area contributed by atoms with Crippen molar-refractivity contribution in [3.05, 3.63) is 95.2 Å². The molecule has 0 aliphatic carbocycles. The summed E-state index contributed by atoms with van der Waals surface area (Å²) in [5, 5.41) is 41.3. The summed E-state index contributed by atoms with van der Waals surface area (Å²) in [6.45, 7) is 0. The molecular formula is C20H13Cl2N5O8. The first-order valence-electron chi connectivity index (χ1n) is 9.30. The summed E-state index contributed by atoms with van der Waals surface area (Å²) in [5.74, 6) is -0.417. The van der Waals surface area contributed by atoms with E-state index in [0.717, 1.165) is 17.0 Å². The molecule has 4 rings (SSSR count). The number of imidazole rings is 1. The molecule has 15 heteroatoms. The molecule has 0 amide bonds. The number of hydrogen-bond donors (Lipinski definition) is 1. The number of phenols is 1. The maximum atomic E-state index is 10.4. The Kier molecular flexibility index (Phi) is 7.32. The van der Waals surface area contributed by atoms with Crippen molar-refractivity contribution >= 4 is 45.9 Å². The van der Waals surface area contributed by atoms with Crippen molar-refractivity contribution in [1.29, 1.82) is 0 Å². The number of aromatic hydroxyl groups is 1. The number of benzene rings is 2. The van der Waals surface area contributed by atoms with Crippen LogP contribution in [0.4, 0.5) is 17.1 Å². The molecule has 0 fully saturated rings. The average molecular weight is 522 g/mol. The summed E-state index contributed by atoms with van der Waals surface area (Å²) >= 11 is 12.1. The van der Waals surface area contributed by atoms with Gasteiger partial charge in [-0.25, -0.2) is 4.98 Å². The Balaban J connectivity index is 0.000000199. The SMILES string of the molecule is COc1cccc(-c2cn3cc(Cl)cc(Cl)c3n2)c1.O=[N+]([O-])c1cc([N+](=O)[O-])c(O)c([N+](=O)[O-])c1. The van der Waals surface area contributed by atoms with Crippen molar-refractivity contribution in [2.75, 3.05) is 7.11 Å². The number of aromatic nitrogens is 2. The summed E-state index contributed by atoms with van der Waals surface area (Å²) in [4.78, 5) is 32.3. The molecule has 13 nitrogen and oxygen atoms in total. The molecule has 0 spiro atoms. The number of pyridine rings is 1. The van der Waals surface area contributed by atoms with Crippen molar-refractivity contribution in [2.24, 2.45) is 0 Å². The first kappa shape index (κ1) is 25.1. The second-order valence-corrected chi connectivity index (χ2v) is 7.54. The summed E-state index contributed by atoms with van der Waals surface area (Å²) in [5.41, 5.74) is -0.528. The molecule has 0 saturated carbocycles. The van der Waals surface area contributed by atoms with E-state index in [4.69, 9.17) is 33.0 Å². The molecule has 0 unspecified atom stereocenters. The van der Waals surface area contributed by atoms with Gasteiger partial charge in [0.1, 0.15) is 5.75 Å². The minimum absolute atomic E-state index is 0.447. The zero-order chi connectivity index (χ0) is 25.9. The van der Waals surface area contributed by atoms with Gasteiger partial charge in [0.15, 0.2) is 5.65 Å². The van der Waals surface area contributed by atoms with E-state index >= 15 is 0 Å². The summed E-state index contributed by atoms with van der Waals surface area (Å²) < 4.78 is 7.03. The van der Waals surface area contributed by atoms with Crippen molar-refractivity contribution in [3.63, 3.8) is 0 Å². The van der Waals surface area contributed by atoms with Crippen molar-refractivity contribution in [2.45, 2.75) is 0 Å². The van der Waals surface area contributed by atoms with E-state index in [1.54, 1.807) is 19.4 Å². The molecule has 35 heavy (non-hydrogen) atoms. The minimum atomic E-state index is -1.21. The maximum Gasteiger partial charge on any atom is 0.324 e. The van der Waals surface area contributed by atoms with Crippen LogP contribution >= 0.6 is 23.2 Å². The fourth-order valence-electron chi connectivity index (χ4n) is 2.92. The van der Waals surface area contributed by atoms with Gasteiger partial charge in [-0.2, -0.15) is 0 Å². The fraction of sp³-hybridized carbons (Fsp3) is 0.0500. The lowest BCUT2D eigenvalue weighted by molar-refractivity contribution is -0.404. The lowest BCUT2D eigenvalue weighted by Gasteiger charge is -2.00. The first-order chi connectivity index (χ1) is 16.5. The third-order valence-electron chi connectivity index (χ3n) is 4.50. The van der Waals surface area contributed by atoms with Crippen LogP contribution in [0.1, 0.15) is 0 Å². The van der Waals surface area contributed by atoms with Gasteiger partial charge in [-0.15, -0.1) is 0 Å². The third-order valence-corrected chi connectivity index (χ3v) is 4.98. The molecule has 2 heterocycles. The number of nitro benzene ring substituents is 3. The Morgan fingerprint density at radius 2 is 1.57 bits per heavy atom. The minimum Gasteiger partial charge on any atom is -0.497 e. The van der Waals surface area contributed by atoms with Crippen molar-refractivity contribution < 1.29 is 24.6 Å². The van der Waals surface area contributed by atoms with Crippen LogP contribution in [-0.4, -0.2) is 36.4 Å². The van der Waals surface area contributed by atoms with Crippen LogP contribution in [0.3, 0.4) is 0 Å². The highest BCUT2D eigenvalue weighted by molar-refractivity contribution is 6.36. The molecule has 4 aromatic rings. The highest BCUT2D eigenvalue weighted by atomic mass is 35.5. The van der Waals surface area contributed by atoms with Crippen LogP contribution in [0.15, 0.2) is 54.9 Å². The van der Waals surface area contributed by atoms with Gasteiger partial charge >= 0.3 is 11.4 Å². The van der Waals surface area contributed by atoms with Crippen LogP contribution < -0.4 is 4.74 Å². The van der Waals surface area contributed by atoms with E-state index in [1.807, 2.05) is 34.9 Å². The summed E-state index contributed by atoms with van der Waals surface area (Å²) in [6, 6.07) is 10.3. The highest BCUT2D eigenvalue weighted by Crippen LogP contribution is 2.39. The van der Waals surface area contributed by atoms with E-state index in [2.05, 4.69) is 4.98 Å². The number of ether oxygens (including phenoxy) is 1. The number of nitrogens with zero attached hydrogens (tertiary/aromatic N) is 5. The van der Waals surface area contributed by atoms with Gasteiger partial charge in [0.25, 0.3) is 11.4 Å². The number of hydrogen-bond acceptors (Lipinski definition) is 9. The number of nitro groups is 3. The van der Waals surface area contributed by atoms with Crippen LogP contribution in [0.25, 0.3) is 16.9 Å². The van der Waals surface area contributed by atoms with Crippen LogP contribution in [0.2, 0.25) is 10.0 Å². The second-order valence-electron chi connectivity index (χ2n) is 6.70. The molecule has 0 bridgehead atoms. The Labute approximate surface area is 205 Å². The Bertz CT molecular complexity index is 1440. The number of non-ortho nitro benzene ring substituents is 1. The van der Waals surface area contributed by atoms with Gasteiger partial charge in [-0.3, -0.25) is 30.3 Å². The molecule has 1 N–H and O–H groups in total. The number of rotatable bonds is 5. The molecular weight excluding hydrogens is 509 g/mol. The van der Waals surface area contributed by atoms with E-state index in [9.17, 15) is 30.3 Å². The van der Waals surface area contributed by atoms with Crippen molar-refractivity contribution in [3.8, 4) is 22.8 Å². The zero-order valence-electron chi connectivity index (χ0n) is 17.5. The predicted octanol–water partition coefficient (Wildman–Crippen LogP) is 5.43. The van der Waals surface area contributed by atoms with Gasteiger partial charge < -0.3 is 14.2 Å².